The van der Waals surface area contributed by atoms with E-state index in [0.29, 0.717) is 4.90 Å². The summed E-state index contributed by atoms with van der Waals surface area (Å²) >= 11 is 1.71. The molecule has 0 N–H and O–H groups in total. The molecule has 0 bridgehead atoms. The first-order valence-corrected chi connectivity index (χ1v) is 9.14. The maximum Gasteiger partial charge on any atom is 0.242 e. The third-order valence-electron chi connectivity index (χ3n) is 3.16. The number of pyridine rings is 1. The highest BCUT2D eigenvalue weighted by Crippen LogP contribution is 2.14. The van der Waals surface area contributed by atoms with Gasteiger partial charge in [0.05, 0.1) is 4.90 Å². The van der Waals surface area contributed by atoms with E-state index in [0.717, 1.165) is 12.1 Å². The molecule has 0 amide bonds. The van der Waals surface area contributed by atoms with Crippen molar-refractivity contribution in [3.63, 3.8) is 0 Å². The van der Waals surface area contributed by atoms with E-state index in [-0.39, 0.29) is 0 Å². The van der Waals surface area contributed by atoms with Crippen molar-refractivity contribution in [3.8, 4) is 0 Å². The third kappa shape index (κ3) is 3.84. The Morgan fingerprint density at radius 2 is 1.62 bits per heavy atom. The molecule has 1 aromatic carbocycles. The lowest BCUT2D eigenvalue weighted by Crippen LogP contribution is -2.33. The SMILES string of the molecule is CSc1cc[n+](Cc2ccc(S(=O)(=O)N(C)C)cc2)cc1. The van der Waals surface area contributed by atoms with E-state index in [2.05, 4.69) is 16.7 Å². The van der Waals surface area contributed by atoms with Crippen LogP contribution in [0.4, 0.5) is 0 Å². The zero-order valence-corrected chi connectivity index (χ0v) is 14.0. The van der Waals surface area contributed by atoms with Crippen LogP contribution in [0.1, 0.15) is 5.56 Å². The van der Waals surface area contributed by atoms with Gasteiger partial charge in [-0.2, -0.15) is 0 Å². The predicted molar refractivity (Wildman–Crippen MR) is 84.8 cm³/mol. The molecule has 1 heterocycles. The minimum Gasteiger partial charge on any atom is -0.207 e. The first-order chi connectivity index (χ1) is 9.93. The van der Waals surface area contributed by atoms with Crippen LogP contribution in [0, 0.1) is 0 Å². The summed E-state index contributed by atoms with van der Waals surface area (Å²) in [7, 11) is -0.284. The maximum absolute atomic E-state index is 12.0. The molecule has 0 aliphatic rings. The summed E-state index contributed by atoms with van der Waals surface area (Å²) in [6.45, 7) is 0.719. The van der Waals surface area contributed by atoms with Crippen molar-refractivity contribution in [3.05, 3.63) is 54.4 Å². The molecule has 0 spiro atoms. The van der Waals surface area contributed by atoms with Crippen LogP contribution in [-0.4, -0.2) is 33.1 Å². The molecule has 1 aromatic heterocycles. The smallest absolute Gasteiger partial charge is 0.207 e. The second-order valence-electron chi connectivity index (χ2n) is 4.84. The summed E-state index contributed by atoms with van der Waals surface area (Å²) in [5.74, 6) is 0. The number of nitrogens with zero attached hydrogens (tertiary/aromatic N) is 2. The van der Waals surface area contributed by atoms with Crippen molar-refractivity contribution in [2.45, 2.75) is 16.3 Å². The Kier molecular flexibility index (Phi) is 5.03. The lowest BCUT2D eigenvalue weighted by molar-refractivity contribution is -0.688. The minimum atomic E-state index is -3.35. The standard InChI is InChI=1S/C15H19N2O2S2/c1-16(2)21(18,19)15-6-4-13(5-7-15)12-17-10-8-14(20-3)9-11-17/h4-11H,12H2,1-3H3/q+1. The first kappa shape index (κ1) is 16.0. The van der Waals surface area contributed by atoms with Gasteiger partial charge in [0.1, 0.15) is 0 Å². The minimum absolute atomic E-state index is 0.319. The van der Waals surface area contributed by atoms with Gasteiger partial charge in [0, 0.05) is 36.7 Å². The molecule has 0 atom stereocenters. The summed E-state index contributed by atoms with van der Waals surface area (Å²) < 4.78 is 27.3. The molecule has 2 aromatic rings. The van der Waals surface area contributed by atoms with E-state index in [1.54, 1.807) is 23.9 Å². The number of rotatable bonds is 5. The normalized spacial score (nSPS) is 11.8. The lowest BCUT2D eigenvalue weighted by atomic mass is 10.2. The highest BCUT2D eigenvalue weighted by Gasteiger charge is 2.16. The molecule has 0 unspecified atom stereocenters. The number of aromatic nitrogens is 1. The third-order valence-corrected chi connectivity index (χ3v) is 5.74. The van der Waals surface area contributed by atoms with Crippen molar-refractivity contribution >= 4 is 21.8 Å². The molecule has 0 aliphatic heterocycles. The molecule has 0 saturated heterocycles. The summed E-state index contributed by atoms with van der Waals surface area (Å²) in [5.41, 5.74) is 1.06. The Labute approximate surface area is 130 Å². The van der Waals surface area contributed by atoms with Crippen molar-refractivity contribution in [2.24, 2.45) is 0 Å². The highest BCUT2D eigenvalue weighted by atomic mass is 32.2. The fourth-order valence-electron chi connectivity index (χ4n) is 1.87. The van der Waals surface area contributed by atoms with Gasteiger partial charge in [-0.1, -0.05) is 12.1 Å². The van der Waals surface area contributed by atoms with E-state index in [4.69, 9.17) is 0 Å². The number of thioether (sulfide) groups is 1. The topological polar surface area (TPSA) is 41.3 Å². The molecule has 112 valence electrons. The predicted octanol–water partition coefficient (Wildman–Crippen LogP) is 1.99. The van der Waals surface area contributed by atoms with Crippen LogP contribution < -0.4 is 4.57 Å². The van der Waals surface area contributed by atoms with Crippen LogP contribution in [-0.2, 0) is 16.6 Å². The summed E-state index contributed by atoms with van der Waals surface area (Å²) in [6, 6.07) is 11.1. The molecule has 0 fully saturated rings. The average Bonchev–Trinajstić information content (AvgIpc) is 2.48. The fourth-order valence-corrected chi connectivity index (χ4v) is 3.17. The summed E-state index contributed by atoms with van der Waals surface area (Å²) in [4.78, 5) is 1.54. The van der Waals surface area contributed by atoms with Crippen molar-refractivity contribution < 1.29 is 13.0 Å². The summed E-state index contributed by atoms with van der Waals surface area (Å²) in [5, 5.41) is 0. The Balaban J connectivity index is 2.15. The van der Waals surface area contributed by atoms with Crippen molar-refractivity contribution in [1.29, 1.82) is 0 Å². The number of hydrogen-bond acceptors (Lipinski definition) is 3. The van der Waals surface area contributed by atoms with Gasteiger partial charge in [0.15, 0.2) is 18.9 Å². The second kappa shape index (κ2) is 6.60. The van der Waals surface area contributed by atoms with Crippen molar-refractivity contribution in [2.75, 3.05) is 20.4 Å². The maximum atomic E-state index is 12.0. The molecule has 0 aliphatic carbocycles. The lowest BCUT2D eigenvalue weighted by Gasteiger charge is -2.11. The highest BCUT2D eigenvalue weighted by molar-refractivity contribution is 7.98. The number of benzene rings is 1. The van der Waals surface area contributed by atoms with Gasteiger partial charge < -0.3 is 0 Å². The molecular weight excluding hydrogens is 304 g/mol. The Morgan fingerprint density at radius 1 is 1.05 bits per heavy atom. The first-order valence-electron chi connectivity index (χ1n) is 6.48. The molecule has 21 heavy (non-hydrogen) atoms. The van der Waals surface area contributed by atoms with E-state index in [9.17, 15) is 8.42 Å². The van der Waals surface area contributed by atoms with Gasteiger partial charge in [-0.05, 0) is 18.4 Å². The van der Waals surface area contributed by atoms with Gasteiger partial charge in [0.2, 0.25) is 10.0 Å². The molecule has 0 saturated carbocycles. The fraction of sp³-hybridized carbons (Fsp3) is 0.267. The molecule has 2 rings (SSSR count). The van der Waals surface area contributed by atoms with E-state index in [1.165, 1.54) is 23.3 Å². The van der Waals surface area contributed by atoms with E-state index >= 15 is 0 Å². The average molecular weight is 323 g/mol. The van der Waals surface area contributed by atoms with Gasteiger partial charge >= 0.3 is 0 Å². The molecular formula is C15H19N2O2S2+. The largest absolute Gasteiger partial charge is 0.242 e. The van der Waals surface area contributed by atoms with Gasteiger partial charge in [-0.25, -0.2) is 17.3 Å². The zero-order valence-electron chi connectivity index (χ0n) is 12.4. The zero-order chi connectivity index (χ0) is 15.5. The van der Waals surface area contributed by atoms with Crippen LogP contribution in [0.2, 0.25) is 0 Å². The van der Waals surface area contributed by atoms with Crippen LogP contribution in [0.3, 0.4) is 0 Å². The van der Waals surface area contributed by atoms with Gasteiger partial charge in [-0.15, -0.1) is 11.8 Å². The Morgan fingerprint density at radius 3 is 2.10 bits per heavy atom. The van der Waals surface area contributed by atoms with E-state index in [1.807, 2.05) is 30.8 Å². The Bertz CT molecular complexity index is 693. The van der Waals surface area contributed by atoms with Crippen molar-refractivity contribution in [1.82, 2.24) is 4.31 Å². The number of hydrogen-bond donors (Lipinski definition) is 0. The second-order valence-corrected chi connectivity index (χ2v) is 7.87. The van der Waals surface area contributed by atoms with Gasteiger partial charge in [0.25, 0.3) is 0 Å². The van der Waals surface area contributed by atoms with Crippen LogP contribution in [0.25, 0.3) is 0 Å². The van der Waals surface area contributed by atoms with Crippen LogP contribution >= 0.6 is 11.8 Å². The monoisotopic (exact) mass is 323 g/mol. The van der Waals surface area contributed by atoms with Gasteiger partial charge in [-0.3, -0.25) is 0 Å². The summed E-state index contributed by atoms with van der Waals surface area (Å²) in [6.07, 6.45) is 6.09. The Hall–Kier alpha value is -1.37. The molecule has 4 nitrogen and oxygen atoms in total. The number of sulfonamides is 1. The van der Waals surface area contributed by atoms with E-state index < -0.39 is 10.0 Å². The van der Waals surface area contributed by atoms with Crippen LogP contribution in [0.15, 0.2) is 58.6 Å². The van der Waals surface area contributed by atoms with Crippen LogP contribution in [0.5, 0.6) is 0 Å². The quantitative estimate of drug-likeness (QED) is 0.624. The molecule has 6 heteroatoms. The molecule has 0 radical (unpaired) electrons.